The number of aromatic nitrogens is 2. The van der Waals surface area contributed by atoms with Crippen LogP contribution in [0.5, 0.6) is 0 Å². The first-order valence-electron chi connectivity index (χ1n) is 6.81. The molecule has 0 saturated carbocycles. The Kier molecular flexibility index (Phi) is 6.26. The van der Waals surface area contributed by atoms with E-state index in [4.69, 9.17) is 4.74 Å². The Morgan fingerprint density at radius 3 is 2.55 bits per heavy atom. The van der Waals surface area contributed by atoms with Gasteiger partial charge in [-0.15, -0.1) is 0 Å². The Morgan fingerprint density at radius 2 is 2.00 bits per heavy atom. The highest BCUT2D eigenvalue weighted by Gasteiger charge is 2.18. The standard InChI is InChI=1S/C14H23F2N3O/c1-5-17-13-8-10(14(2,3)4)18-12(19-13)6-7-20-9-11(15)16/h8,11H,5-7,9H2,1-4H3,(H,17,18,19). The van der Waals surface area contributed by atoms with Crippen LogP contribution in [0.1, 0.15) is 39.2 Å². The first-order valence-corrected chi connectivity index (χ1v) is 6.81. The van der Waals surface area contributed by atoms with E-state index in [1.165, 1.54) is 0 Å². The van der Waals surface area contributed by atoms with Gasteiger partial charge in [0.05, 0.1) is 12.3 Å². The Bertz CT molecular complexity index is 419. The minimum Gasteiger partial charge on any atom is -0.375 e. The number of nitrogens with one attached hydrogen (secondary N) is 1. The Morgan fingerprint density at radius 1 is 1.30 bits per heavy atom. The topological polar surface area (TPSA) is 47.0 Å². The molecule has 20 heavy (non-hydrogen) atoms. The van der Waals surface area contributed by atoms with Crippen molar-refractivity contribution >= 4 is 5.82 Å². The first kappa shape index (κ1) is 16.8. The molecule has 0 aromatic carbocycles. The maximum atomic E-state index is 12.0. The SMILES string of the molecule is CCNc1cc(C(C)(C)C)nc(CCOCC(F)F)n1. The van der Waals surface area contributed by atoms with Crippen LogP contribution in [0, 0.1) is 0 Å². The van der Waals surface area contributed by atoms with Crippen LogP contribution in [0.2, 0.25) is 0 Å². The minimum absolute atomic E-state index is 0.0916. The van der Waals surface area contributed by atoms with Gasteiger partial charge in [-0.3, -0.25) is 0 Å². The van der Waals surface area contributed by atoms with Crippen LogP contribution in [0.25, 0.3) is 0 Å². The summed E-state index contributed by atoms with van der Waals surface area (Å²) >= 11 is 0. The molecule has 0 radical (unpaired) electrons. The minimum atomic E-state index is -2.44. The molecule has 4 nitrogen and oxygen atoms in total. The van der Waals surface area contributed by atoms with Crippen molar-refractivity contribution in [1.29, 1.82) is 0 Å². The predicted molar refractivity (Wildman–Crippen MR) is 75.4 cm³/mol. The van der Waals surface area contributed by atoms with Gasteiger partial charge in [-0.1, -0.05) is 20.8 Å². The molecule has 1 aromatic rings. The molecule has 0 aliphatic heterocycles. The molecule has 6 heteroatoms. The summed E-state index contributed by atoms with van der Waals surface area (Å²) in [6.45, 7) is 8.63. The predicted octanol–water partition coefficient (Wildman–Crippen LogP) is 3.03. The van der Waals surface area contributed by atoms with E-state index in [-0.39, 0.29) is 12.0 Å². The van der Waals surface area contributed by atoms with E-state index >= 15 is 0 Å². The molecule has 0 spiro atoms. The molecule has 0 saturated heterocycles. The van der Waals surface area contributed by atoms with Gasteiger partial charge < -0.3 is 10.1 Å². The lowest BCUT2D eigenvalue weighted by atomic mass is 9.92. The van der Waals surface area contributed by atoms with Gasteiger partial charge in [0, 0.05) is 24.4 Å². The van der Waals surface area contributed by atoms with Crippen molar-refractivity contribution in [3.05, 3.63) is 17.6 Å². The summed E-state index contributed by atoms with van der Waals surface area (Å²) in [7, 11) is 0. The average molecular weight is 287 g/mol. The van der Waals surface area contributed by atoms with E-state index in [9.17, 15) is 8.78 Å². The summed E-state index contributed by atoms with van der Waals surface area (Å²) < 4.78 is 28.8. The van der Waals surface area contributed by atoms with Gasteiger partial charge in [-0.2, -0.15) is 0 Å². The van der Waals surface area contributed by atoms with Crippen molar-refractivity contribution in [2.45, 2.75) is 46.0 Å². The zero-order valence-electron chi connectivity index (χ0n) is 12.5. The second-order valence-corrected chi connectivity index (χ2v) is 5.55. The number of anilines is 1. The van der Waals surface area contributed by atoms with E-state index in [0.717, 1.165) is 18.1 Å². The second-order valence-electron chi connectivity index (χ2n) is 5.55. The molecule has 0 aliphatic carbocycles. The Labute approximate surface area is 119 Å². The number of halogens is 2. The number of alkyl halides is 2. The van der Waals surface area contributed by atoms with Crippen molar-refractivity contribution < 1.29 is 13.5 Å². The fraction of sp³-hybridized carbons (Fsp3) is 0.714. The molecule has 114 valence electrons. The molecule has 1 N–H and O–H groups in total. The molecule has 1 rings (SSSR count). The van der Waals surface area contributed by atoms with Gasteiger partial charge in [0.25, 0.3) is 6.43 Å². The van der Waals surface area contributed by atoms with Crippen LogP contribution >= 0.6 is 0 Å². The Hall–Kier alpha value is -1.30. The fourth-order valence-electron chi connectivity index (χ4n) is 1.60. The lowest BCUT2D eigenvalue weighted by molar-refractivity contribution is 0.0182. The zero-order chi connectivity index (χ0) is 15.2. The summed E-state index contributed by atoms with van der Waals surface area (Å²) in [5.74, 6) is 1.37. The zero-order valence-corrected chi connectivity index (χ0v) is 12.5. The molecular formula is C14H23F2N3O. The normalized spacial score (nSPS) is 11.9. The van der Waals surface area contributed by atoms with Crippen LogP contribution in [0.4, 0.5) is 14.6 Å². The van der Waals surface area contributed by atoms with Crippen molar-refractivity contribution in [1.82, 2.24) is 9.97 Å². The van der Waals surface area contributed by atoms with Crippen LogP contribution in [-0.4, -0.2) is 36.2 Å². The van der Waals surface area contributed by atoms with Gasteiger partial charge >= 0.3 is 0 Å². The number of rotatable bonds is 7. The number of hydrogen-bond acceptors (Lipinski definition) is 4. The summed E-state index contributed by atoms with van der Waals surface area (Å²) in [6.07, 6.45) is -2.01. The van der Waals surface area contributed by atoms with E-state index < -0.39 is 13.0 Å². The molecule has 0 amide bonds. The van der Waals surface area contributed by atoms with Gasteiger partial charge in [-0.25, -0.2) is 18.7 Å². The van der Waals surface area contributed by atoms with Crippen LogP contribution in [0.15, 0.2) is 6.07 Å². The van der Waals surface area contributed by atoms with Crippen LogP contribution < -0.4 is 5.32 Å². The van der Waals surface area contributed by atoms with Gasteiger partial charge in [-0.05, 0) is 6.92 Å². The quantitative estimate of drug-likeness (QED) is 0.783. The molecule has 0 aliphatic rings. The molecule has 0 atom stereocenters. The highest BCUT2D eigenvalue weighted by molar-refractivity contribution is 5.37. The third-order valence-corrected chi connectivity index (χ3v) is 2.61. The number of ether oxygens (including phenoxy) is 1. The maximum absolute atomic E-state index is 12.0. The lowest BCUT2D eigenvalue weighted by Crippen LogP contribution is -2.18. The maximum Gasteiger partial charge on any atom is 0.261 e. The van der Waals surface area contributed by atoms with Crippen molar-refractivity contribution in [3.63, 3.8) is 0 Å². The lowest BCUT2D eigenvalue weighted by Gasteiger charge is -2.19. The third kappa shape index (κ3) is 5.77. The van der Waals surface area contributed by atoms with E-state index in [1.54, 1.807) is 0 Å². The van der Waals surface area contributed by atoms with Crippen molar-refractivity contribution in [2.24, 2.45) is 0 Å². The molecule has 0 bridgehead atoms. The van der Waals surface area contributed by atoms with Crippen LogP contribution in [-0.2, 0) is 16.6 Å². The third-order valence-electron chi connectivity index (χ3n) is 2.61. The summed E-state index contributed by atoms with van der Waals surface area (Å²) in [5.41, 5.74) is 0.832. The van der Waals surface area contributed by atoms with Gasteiger partial charge in [0.15, 0.2) is 0 Å². The highest BCUT2D eigenvalue weighted by atomic mass is 19.3. The largest absolute Gasteiger partial charge is 0.375 e. The molecule has 0 fully saturated rings. The molecular weight excluding hydrogens is 264 g/mol. The second kappa shape index (κ2) is 7.47. The Balaban J connectivity index is 2.76. The van der Waals surface area contributed by atoms with E-state index in [0.29, 0.717) is 12.2 Å². The number of nitrogens with zero attached hydrogens (tertiary/aromatic N) is 2. The first-order chi connectivity index (χ1) is 9.32. The molecule has 1 heterocycles. The molecule has 0 unspecified atom stereocenters. The van der Waals surface area contributed by atoms with E-state index in [1.807, 2.05) is 13.0 Å². The van der Waals surface area contributed by atoms with Gasteiger partial charge in [0.1, 0.15) is 18.2 Å². The van der Waals surface area contributed by atoms with E-state index in [2.05, 4.69) is 36.1 Å². The summed E-state index contributed by atoms with van der Waals surface area (Å²) in [6, 6.07) is 1.92. The monoisotopic (exact) mass is 287 g/mol. The average Bonchev–Trinajstić information content (AvgIpc) is 2.33. The highest BCUT2D eigenvalue weighted by Crippen LogP contribution is 2.22. The van der Waals surface area contributed by atoms with Gasteiger partial charge in [0.2, 0.25) is 0 Å². The smallest absolute Gasteiger partial charge is 0.261 e. The summed E-state index contributed by atoms with van der Waals surface area (Å²) in [4.78, 5) is 8.85. The van der Waals surface area contributed by atoms with Crippen LogP contribution in [0.3, 0.4) is 0 Å². The van der Waals surface area contributed by atoms with Crippen molar-refractivity contribution in [3.8, 4) is 0 Å². The fourth-order valence-corrected chi connectivity index (χ4v) is 1.60. The molecule has 1 aromatic heterocycles. The van der Waals surface area contributed by atoms with Crippen molar-refractivity contribution in [2.75, 3.05) is 25.1 Å². The number of hydrogen-bond donors (Lipinski definition) is 1. The summed E-state index contributed by atoms with van der Waals surface area (Å²) in [5, 5.41) is 3.16.